The molecule has 216 valence electrons. The van der Waals surface area contributed by atoms with Crippen LogP contribution in [0.25, 0.3) is 0 Å². The number of amides is 2. The molecule has 0 radical (unpaired) electrons. The zero-order valence-corrected chi connectivity index (χ0v) is 24.3. The molecule has 3 aromatic rings. The molecule has 0 aliphatic carbocycles. The molecule has 1 heterocycles. The number of nitrogens with zero attached hydrogens (tertiary/aromatic N) is 1. The summed E-state index contributed by atoms with van der Waals surface area (Å²) in [4.78, 5) is 40.3. The molecule has 4 rings (SSSR count). The minimum atomic E-state index is -3.69. The van der Waals surface area contributed by atoms with Gasteiger partial charge in [0.2, 0.25) is 10.0 Å². The maximum absolute atomic E-state index is 13.6. The van der Waals surface area contributed by atoms with Gasteiger partial charge in [-0.15, -0.1) is 0 Å². The van der Waals surface area contributed by atoms with Crippen molar-refractivity contribution in [3.8, 4) is 0 Å². The molecule has 10 heteroatoms. The number of hydrogen-bond acceptors (Lipinski definition) is 6. The van der Waals surface area contributed by atoms with Gasteiger partial charge in [-0.2, -0.15) is 0 Å². The first kappa shape index (κ1) is 30.0. The maximum atomic E-state index is 13.6. The number of ketones is 1. The van der Waals surface area contributed by atoms with Crippen molar-refractivity contribution in [1.29, 1.82) is 0 Å². The highest BCUT2D eigenvalue weighted by Gasteiger charge is 2.31. The number of rotatable bonds is 11. The van der Waals surface area contributed by atoms with Crippen molar-refractivity contribution in [2.75, 3.05) is 24.2 Å². The summed E-state index contributed by atoms with van der Waals surface area (Å²) in [5.74, 6) is -1.16. The van der Waals surface area contributed by atoms with Gasteiger partial charge in [0.05, 0.1) is 30.1 Å². The number of benzene rings is 3. The van der Waals surface area contributed by atoms with E-state index in [9.17, 15) is 22.8 Å². The second-order valence-electron chi connectivity index (χ2n) is 10.4. The molecule has 3 aromatic carbocycles. The third-order valence-electron chi connectivity index (χ3n) is 7.29. The highest BCUT2D eigenvalue weighted by Crippen LogP contribution is 2.22. The van der Waals surface area contributed by atoms with Crippen LogP contribution >= 0.6 is 0 Å². The molecule has 9 nitrogen and oxygen atoms in total. The van der Waals surface area contributed by atoms with Crippen LogP contribution in [0, 0.1) is 0 Å². The second kappa shape index (κ2) is 13.1. The molecule has 0 saturated carbocycles. The minimum Gasteiger partial charge on any atom is -0.346 e. The van der Waals surface area contributed by atoms with E-state index in [4.69, 9.17) is 0 Å². The lowest BCUT2D eigenvalue weighted by molar-refractivity contribution is -0.122. The third-order valence-corrected chi connectivity index (χ3v) is 8.49. The van der Waals surface area contributed by atoms with E-state index in [2.05, 4.69) is 16.0 Å². The van der Waals surface area contributed by atoms with E-state index in [1.165, 1.54) is 25.2 Å². The van der Waals surface area contributed by atoms with E-state index in [1.807, 2.05) is 67.6 Å². The number of hydrogen-bond donors (Lipinski definition) is 3. The SMILES string of the molecule is C[C@@H](NC(=O)c1cc(C(=O)N[C@@H](Cc2ccccc2)C(=O)[C@H]2CCCN2)cc(N(C)S(C)(=O)=O)c1)c1ccccc1. The predicted molar refractivity (Wildman–Crippen MR) is 159 cm³/mol. The predicted octanol–water partition coefficient (Wildman–Crippen LogP) is 3.24. The molecule has 1 fully saturated rings. The first-order chi connectivity index (χ1) is 19.5. The van der Waals surface area contributed by atoms with Gasteiger partial charge < -0.3 is 16.0 Å². The van der Waals surface area contributed by atoms with E-state index in [-0.39, 0.29) is 34.7 Å². The summed E-state index contributed by atoms with van der Waals surface area (Å²) in [6, 6.07) is 21.6. The van der Waals surface area contributed by atoms with Crippen LogP contribution in [0.3, 0.4) is 0 Å². The number of carbonyl (C=O) groups excluding carboxylic acids is 3. The number of nitrogens with one attached hydrogen (secondary N) is 3. The summed E-state index contributed by atoms with van der Waals surface area (Å²) in [5.41, 5.74) is 2.13. The number of Topliss-reactive ketones (excluding diaryl/α,β-unsaturated/α-hetero) is 1. The zero-order chi connectivity index (χ0) is 29.6. The molecule has 1 saturated heterocycles. The van der Waals surface area contributed by atoms with Crippen LogP contribution < -0.4 is 20.3 Å². The van der Waals surface area contributed by atoms with E-state index < -0.39 is 27.9 Å². The van der Waals surface area contributed by atoms with Gasteiger partial charge in [-0.1, -0.05) is 60.7 Å². The Balaban J connectivity index is 1.64. The molecular weight excluding hydrogens is 540 g/mol. The van der Waals surface area contributed by atoms with Crippen molar-refractivity contribution in [2.45, 2.75) is 44.3 Å². The summed E-state index contributed by atoms with van der Waals surface area (Å²) < 4.78 is 25.7. The van der Waals surface area contributed by atoms with Crippen LogP contribution in [-0.2, 0) is 21.2 Å². The van der Waals surface area contributed by atoms with E-state index >= 15 is 0 Å². The smallest absolute Gasteiger partial charge is 0.251 e. The molecule has 2 amide bonds. The van der Waals surface area contributed by atoms with Crippen LogP contribution in [0.15, 0.2) is 78.9 Å². The fourth-order valence-electron chi connectivity index (χ4n) is 4.84. The molecule has 3 N–H and O–H groups in total. The summed E-state index contributed by atoms with van der Waals surface area (Å²) in [6.07, 6.45) is 2.91. The van der Waals surface area contributed by atoms with Gasteiger partial charge in [0.25, 0.3) is 11.8 Å². The molecule has 0 aromatic heterocycles. The van der Waals surface area contributed by atoms with Crippen molar-refractivity contribution in [3.05, 3.63) is 101 Å². The Morgan fingerprint density at radius 3 is 2.07 bits per heavy atom. The van der Waals surface area contributed by atoms with Crippen LogP contribution in [0.4, 0.5) is 5.69 Å². The van der Waals surface area contributed by atoms with E-state index in [0.717, 1.165) is 34.7 Å². The summed E-state index contributed by atoms with van der Waals surface area (Å²) in [5, 5.41) is 8.98. The Morgan fingerprint density at radius 1 is 0.927 bits per heavy atom. The van der Waals surface area contributed by atoms with Crippen molar-refractivity contribution < 1.29 is 22.8 Å². The van der Waals surface area contributed by atoms with E-state index in [1.54, 1.807) is 0 Å². The van der Waals surface area contributed by atoms with Crippen LogP contribution in [-0.4, -0.2) is 57.9 Å². The summed E-state index contributed by atoms with van der Waals surface area (Å²) in [6.45, 7) is 2.58. The fraction of sp³-hybridized carbons (Fsp3) is 0.323. The Labute approximate surface area is 241 Å². The Bertz CT molecular complexity index is 1490. The Kier molecular flexibility index (Phi) is 9.57. The molecule has 3 atom stereocenters. The van der Waals surface area contributed by atoms with Crippen molar-refractivity contribution in [1.82, 2.24) is 16.0 Å². The lowest BCUT2D eigenvalue weighted by atomic mass is 9.96. The number of carbonyl (C=O) groups is 3. The number of sulfonamides is 1. The van der Waals surface area contributed by atoms with Gasteiger partial charge >= 0.3 is 0 Å². The van der Waals surface area contributed by atoms with Crippen molar-refractivity contribution in [3.63, 3.8) is 0 Å². The van der Waals surface area contributed by atoms with Gasteiger partial charge in [0, 0.05) is 18.2 Å². The molecule has 1 aliphatic heterocycles. The minimum absolute atomic E-state index is 0.0701. The first-order valence-corrected chi connectivity index (χ1v) is 15.4. The molecule has 41 heavy (non-hydrogen) atoms. The molecule has 1 aliphatic rings. The quantitative estimate of drug-likeness (QED) is 0.322. The zero-order valence-electron chi connectivity index (χ0n) is 23.5. The first-order valence-electron chi connectivity index (χ1n) is 13.6. The van der Waals surface area contributed by atoms with Crippen LogP contribution in [0.1, 0.15) is 57.7 Å². The highest BCUT2D eigenvalue weighted by atomic mass is 32.2. The normalized spacial score (nSPS) is 16.4. The van der Waals surface area contributed by atoms with E-state index in [0.29, 0.717) is 12.8 Å². The largest absolute Gasteiger partial charge is 0.346 e. The van der Waals surface area contributed by atoms with Gasteiger partial charge in [-0.25, -0.2) is 8.42 Å². The Morgan fingerprint density at radius 2 is 1.51 bits per heavy atom. The topological polar surface area (TPSA) is 125 Å². The lowest BCUT2D eigenvalue weighted by Crippen LogP contribution is -2.49. The average molecular weight is 577 g/mol. The standard InChI is InChI=1S/C31H36N4O5S/c1-21(23-13-8-5-9-14-23)33-30(37)24-18-25(20-26(19-24)35(2)41(3,39)40)31(38)34-28(17-22-11-6-4-7-12-22)29(36)27-15-10-16-32-27/h4-9,11-14,18-21,27-28,32H,10,15-17H2,1-3H3,(H,33,37)(H,34,38)/t21-,27-,28+/m1/s1. The molecular formula is C31H36N4O5S. The average Bonchev–Trinajstić information content (AvgIpc) is 3.51. The monoisotopic (exact) mass is 576 g/mol. The highest BCUT2D eigenvalue weighted by molar-refractivity contribution is 7.92. The van der Waals surface area contributed by atoms with Gasteiger partial charge in [-0.05, 0) is 62.1 Å². The molecule has 0 spiro atoms. The summed E-state index contributed by atoms with van der Waals surface area (Å²) >= 11 is 0. The fourth-order valence-corrected chi connectivity index (χ4v) is 5.32. The molecule has 0 unspecified atom stereocenters. The third kappa shape index (κ3) is 7.80. The lowest BCUT2D eigenvalue weighted by Gasteiger charge is -2.23. The van der Waals surface area contributed by atoms with Crippen LogP contribution in [0.5, 0.6) is 0 Å². The second-order valence-corrected chi connectivity index (χ2v) is 12.4. The van der Waals surface area contributed by atoms with Gasteiger partial charge in [0.1, 0.15) is 0 Å². The molecule has 0 bridgehead atoms. The van der Waals surface area contributed by atoms with Crippen LogP contribution in [0.2, 0.25) is 0 Å². The van der Waals surface area contributed by atoms with Crippen molar-refractivity contribution in [2.24, 2.45) is 0 Å². The van der Waals surface area contributed by atoms with Crippen molar-refractivity contribution >= 4 is 33.3 Å². The number of anilines is 1. The van der Waals surface area contributed by atoms with Gasteiger partial charge in [0.15, 0.2) is 5.78 Å². The summed E-state index contributed by atoms with van der Waals surface area (Å²) in [7, 11) is -2.33. The maximum Gasteiger partial charge on any atom is 0.251 e. The van der Waals surface area contributed by atoms with Gasteiger partial charge in [-0.3, -0.25) is 18.7 Å². The Hall–Kier alpha value is -4.02.